The summed E-state index contributed by atoms with van der Waals surface area (Å²) in [6.45, 7) is 4.77. The van der Waals surface area contributed by atoms with E-state index in [4.69, 9.17) is 4.42 Å². The molecule has 0 saturated carbocycles. The Labute approximate surface area is 124 Å². The maximum absolute atomic E-state index is 13.8. The second-order valence-corrected chi connectivity index (χ2v) is 5.64. The number of hydrogen-bond donors (Lipinski definition) is 1. The van der Waals surface area contributed by atoms with Crippen LogP contribution in [0, 0.1) is 11.6 Å². The van der Waals surface area contributed by atoms with Crippen molar-refractivity contribution in [3.05, 3.63) is 40.3 Å². The number of rotatable bonds is 5. The fourth-order valence-electron chi connectivity index (χ4n) is 1.79. The van der Waals surface area contributed by atoms with Crippen molar-refractivity contribution in [1.82, 2.24) is 10.3 Å². The van der Waals surface area contributed by atoms with Crippen molar-refractivity contribution in [2.75, 3.05) is 6.54 Å². The third-order valence-corrected chi connectivity index (χ3v) is 3.16. The average Bonchev–Trinajstić information content (AvgIpc) is 2.75. The molecule has 2 rings (SSSR count). The van der Waals surface area contributed by atoms with E-state index in [0.717, 1.165) is 0 Å². The van der Waals surface area contributed by atoms with Gasteiger partial charge in [0.15, 0.2) is 11.7 Å². The smallest absolute Gasteiger partial charge is 0.196 e. The van der Waals surface area contributed by atoms with Crippen LogP contribution in [0.4, 0.5) is 8.78 Å². The summed E-state index contributed by atoms with van der Waals surface area (Å²) in [7, 11) is 0. The molecule has 0 radical (unpaired) electrons. The monoisotopic (exact) mass is 344 g/mol. The third-order valence-electron chi connectivity index (χ3n) is 2.70. The van der Waals surface area contributed by atoms with E-state index < -0.39 is 11.6 Å². The molecular weight excluding hydrogens is 330 g/mol. The molecule has 0 spiro atoms. The number of nitrogens with one attached hydrogen (secondary N) is 1. The highest BCUT2D eigenvalue weighted by molar-refractivity contribution is 9.10. The molecule has 20 heavy (non-hydrogen) atoms. The summed E-state index contributed by atoms with van der Waals surface area (Å²) >= 11 is 3.04. The molecule has 1 aromatic heterocycles. The Hall–Kier alpha value is -1.27. The minimum Gasteiger partial charge on any atom is -0.440 e. The van der Waals surface area contributed by atoms with Gasteiger partial charge in [-0.05, 0) is 12.1 Å². The van der Waals surface area contributed by atoms with Crippen LogP contribution in [0.3, 0.4) is 0 Å². The van der Waals surface area contributed by atoms with Crippen LogP contribution in [0.25, 0.3) is 11.3 Å². The molecule has 0 aliphatic carbocycles. The lowest BCUT2D eigenvalue weighted by Crippen LogP contribution is -2.24. The summed E-state index contributed by atoms with van der Waals surface area (Å²) in [5, 5.41) is 3.22. The molecule has 0 amide bonds. The molecule has 6 heteroatoms. The largest absolute Gasteiger partial charge is 0.440 e. The topological polar surface area (TPSA) is 38.1 Å². The Morgan fingerprint density at radius 2 is 1.95 bits per heavy atom. The van der Waals surface area contributed by atoms with Crippen molar-refractivity contribution in [2.24, 2.45) is 0 Å². The summed E-state index contributed by atoms with van der Waals surface area (Å²) in [6, 6.07) is 2.76. The SMILES string of the molecule is CC(C)NCCc1ncc(-c2c(F)cc(Br)cc2F)o1. The van der Waals surface area contributed by atoms with Crippen LogP contribution in [-0.4, -0.2) is 17.6 Å². The van der Waals surface area contributed by atoms with E-state index in [2.05, 4.69) is 26.2 Å². The minimum atomic E-state index is -0.681. The van der Waals surface area contributed by atoms with Gasteiger partial charge in [0, 0.05) is 23.5 Å². The molecule has 0 aliphatic heterocycles. The highest BCUT2D eigenvalue weighted by Gasteiger charge is 2.17. The van der Waals surface area contributed by atoms with Crippen molar-refractivity contribution in [1.29, 1.82) is 0 Å². The van der Waals surface area contributed by atoms with Crippen LogP contribution in [0.2, 0.25) is 0 Å². The molecule has 0 unspecified atom stereocenters. The number of halogens is 3. The van der Waals surface area contributed by atoms with Crippen molar-refractivity contribution in [3.8, 4) is 11.3 Å². The first-order chi connectivity index (χ1) is 9.47. The molecule has 0 saturated heterocycles. The molecule has 0 bridgehead atoms. The van der Waals surface area contributed by atoms with Gasteiger partial charge < -0.3 is 9.73 Å². The van der Waals surface area contributed by atoms with Gasteiger partial charge in [-0.25, -0.2) is 13.8 Å². The zero-order chi connectivity index (χ0) is 14.7. The molecule has 0 aliphatic rings. The Bertz CT molecular complexity index is 576. The molecule has 0 atom stereocenters. The normalized spacial score (nSPS) is 11.3. The Balaban J connectivity index is 2.17. The maximum Gasteiger partial charge on any atom is 0.196 e. The van der Waals surface area contributed by atoms with Gasteiger partial charge in [-0.2, -0.15) is 0 Å². The van der Waals surface area contributed by atoms with Crippen LogP contribution in [-0.2, 0) is 6.42 Å². The van der Waals surface area contributed by atoms with Crippen molar-refractivity contribution >= 4 is 15.9 Å². The fraction of sp³-hybridized carbons (Fsp3) is 0.357. The first kappa shape index (κ1) is 15.1. The van der Waals surface area contributed by atoms with E-state index in [1.807, 2.05) is 13.8 Å². The molecule has 0 fully saturated rings. The van der Waals surface area contributed by atoms with Crippen molar-refractivity contribution < 1.29 is 13.2 Å². The van der Waals surface area contributed by atoms with Crippen molar-refractivity contribution in [3.63, 3.8) is 0 Å². The van der Waals surface area contributed by atoms with Gasteiger partial charge >= 0.3 is 0 Å². The minimum absolute atomic E-state index is 0.104. The predicted octanol–water partition coefficient (Wildman–Crippen LogP) is 3.92. The molecule has 1 N–H and O–H groups in total. The third kappa shape index (κ3) is 3.64. The van der Waals surface area contributed by atoms with Gasteiger partial charge in [0.25, 0.3) is 0 Å². The molecule has 1 aromatic carbocycles. The average molecular weight is 345 g/mol. The molecule has 2 aromatic rings. The quantitative estimate of drug-likeness (QED) is 0.893. The summed E-state index contributed by atoms with van der Waals surface area (Å²) < 4.78 is 33.3. The summed E-state index contributed by atoms with van der Waals surface area (Å²) in [5.41, 5.74) is -0.191. The summed E-state index contributed by atoms with van der Waals surface area (Å²) in [4.78, 5) is 4.04. The zero-order valence-electron chi connectivity index (χ0n) is 11.2. The van der Waals surface area contributed by atoms with Crippen LogP contribution in [0.1, 0.15) is 19.7 Å². The number of benzene rings is 1. The van der Waals surface area contributed by atoms with E-state index in [1.165, 1.54) is 18.3 Å². The maximum atomic E-state index is 13.8. The van der Waals surface area contributed by atoms with Crippen LogP contribution in [0.15, 0.2) is 27.2 Å². The van der Waals surface area contributed by atoms with E-state index in [0.29, 0.717) is 29.4 Å². The Kier molecular flexibility index (Phi) is 4.88. The summed E-state index contributed by atoms with van der Waals surface area (Å²) in [5.74, 6) is -0.804. The van der Waals surface area contributed by atoms with Crippen molar-refractivity contribution in [2.45, 2.75) is 26.3 Å². The van der Waals surface area contributed by atoms with Gasteiger partial charge in [0.2, 0.25) is 0 Å². The van der Waals surface area contributed by atoms with Crippen LogP contribution in [0.5, 0.6) is 0 Å². The van der Waals surface area contributed by atoms with E-state index in [9.17, 15) is 8.78 Å². The number of aromatic nitrogens is 1. The Morgan fingerprint density at radius 3 is 2.55 bits per heavy atom. The second kappa shape index (κ2) is 6.45. The first-order valence-corrected chi connectivity index (χ1v) is 7.09. The second-order valence-electron chi connectivity index (χ2n) is 4.72. The first-order valence-electron chi connectivity index (χ1n) is 6.30. The van der Waals surface area contributed by atoms with E-state index in [1.54, 1.807) is 0 Å². The number of nitrogens with zero attached hydrogens (tertiary/aromatic N) is 1. The van der Waals surface area contributed by atoms with Crippen LogP contribution < -0.4 is 5.32 Å². The predicted molar refractivity (Wildman–Crippen MR) is 76.4 cm³/mol. The molecule has 3 nitrogen and oxygen atoms in total. The van der Waals surface area contributed by atoms with Crippen LogP contribution >= 0.6 is 15.9 Å². The highest BCUT2D eigenvalue weighted by Crippen LogP contribution is 2.29. The lowest BCUT2D eigenvalue weighted by atomic mass is 10.1. The fourth-order valence-corrected chi connectivity index (χ4v) is 2.19. The highest BCUT2D eigenvalue weighted by atomic mass is 79.9. The molecule has 108 valence electrons. The number of oxazole rings is 1. The lowest BCUT2D eigenvalue weighted by molar-refractivity contribution is 0.478. The molecule has 1 heterocycles. The van der Waals surface area contributed by atoms with E-state index >= 15 is 0 Å². The van der Waals surface area contributed by atoms with E-state index in [-0.39, 0.29) is 11.3 Å². The number of hydrogen-bond acceptors (Lipinski definition) is 3. The van der Waals surface area contributed by atoms with Gasteiger partial charge in [0.1, 0.15) is 11.6 Å². The molecular formula is C14H15BrF2N2O. The van der Waals surface area contributed by atoms with Gasteiger partial charge in [-0.3, -0.25) is 0 Å². The zero-order valence-corrected chi connectivity index (χ0v) is 12.8. The Morgan fingerprint density at radius 1 is 1.30 bits per heavy atom. The van der Waals surface area contributed by atoms with Gasteiger partial charge in [-0.15, -0.1) is 0 Å². The lowest BCUT2D eigenvalue weighted by Gasteiger charge is -2.05. The summed E-state index contributed by atoms with van der Waals surface area (Å²) in [6.07, 6.45) is 1.91. The standard InChI is InChI=1S/C14H15BrF2N2O/c1-8(2)18-4-3-13-19-7-12(20-13)14-10(16)5-9(15)6-11(14)17/h5-8,18H,3-4H2,1-2H3. The van der Waals surface area contributed by atoms with Gasteiger partial charge in [0.05, 0.1) is 11.8 Å². The van der Waals surface area contributed by atoms with Gasteiger partial charge in [-0.1, -0.05) is 29.8 Å².